The topological polar surface area (TPSA) is 86.8 Å². The molecule has 2 unspecified atom stereocenters. The number of carbonyl (C=O) groups is 2. The van der Waals surface area contributed by atoms with Gasteiger partial charge >= 0.3 is 0 Å². The Morgan fingerprint density at radius 3 is 2.52 bits per heavy atom. The van der Waals surface area contributed by atoms with Gasteiger partial charge in [-0.1, -0.05) is 18.5 Å². The molecule has 0 spiro atoms. The molecule has 4 rings (SSSR count). The molecule has 2 amide bonds. The zero-order valence-electron chi connectivity index (χ0n) is 17.8. The van der Waals surface area contributed by atoms with Crippen molar-refractivity contribution in [3.8, 4) is 0 Å². The molecule has 31 heavy (non-hydrogen) atoms. The molecule has 2 atom stereocenters. The Labute approximate surface area is 189 Å². The maximum absolute atomic E-state index is 13.2. The number of halogens is 1. The predicted molar refractivity (Wildman–Crippen MR) is 118 cm³/mol. The number of benzene rings is 1. The van der Waals surface area contributed by atoms with Crippen LogP contribution in [0.5, 0.6) is 0 Å². The molecule has 170 valence electrons. The quantitative estimate of drug-likeness (QED) is 0.721. The van der Waals surface area contributed by atoms with Gasteiger partial charge in [-0.05, 0) is 62.6 Å². The van der Waals surface area contributed by atoms with Gasteiger partial charge in [-0.3, -0.25) is 9.59 Å². The van der Waals surface area contributed by atoms with E-state index in [1.165, 1.54) is 16.4 Å². The molecule has 1 aliphatic carbocycles. The van der Waals surface area contributed by atoms with Gasteiger partial charge in [-0.2, -0.15) is 4.31 Å². The highest BCUT2D eigenvalue weighted by Gasteiger charge is 2.34. The lowest BCUT2D eigenvalue weighted by molar-refractivity contribution is -0.126. The van der Waals surface area contributed by atoms with Crippen LogP contribution in [0.2, 0.25) is 5.02 Å². The highest BCUT2D eigenvalue weighted by Crippen LogP contribution is 2.30. The van der Waals surface area contributed by atoms with Crippen LogP contribution in [0.4, 0.5) is 0 Å². The van der Waals surface area contributed by atoms with Crippen LogP contribution in [0.3, 0.4) is 0 Å². The maximum atomic E-state index is 13.2. The van der Waals surface area contributed by atoms with E-state index in [1.54, 1.807) is 11.0 Å². The number of carbonyl (C=O) groups excluding carboxylic acids is 2. The van der Waals surface area contributed by atoms with Gasteiger partial charge in [0, 0.05) is 37.8 Å². The molecule has 1 aromatic rings. The first-order valence-corrected chi connectivity index (χ1v) is 13.0. The van der Waals surface area contributed by atoms with E-state index in [4.69, 9.17) is 11.6 Å². The van der Waals surface area contributed by atoms with Crippen LogP contribution in [0.25, 0.3) is 0 Å². The van der Waals surface area contributed by atoms with Crippen LogP contribution in [0.15, 0.2) is 23.1 Å². The van der Waals surface area contributed by atoms with Crippen LogP contribution < -0.4 is 5.32 Å². The molecular formula is C22H30ClN3O4S. The third-order valence-corrected chi connectivity index (χ3v) is 8.77. The Kier molecular flexibility index (Phi) is 6.60. The summed E-state index contributed by atoms with van der Waals surface area (Å²) in [5.74, 6) is -0.175. The number of nitrogens with zero attached hydrogens (tertiary/aromatic N) is 2. The van der Waals surface area contributed by atoms with Crippen molar-refractivity contribution in [1.82, 2.24) is 14.5 Å². The van der Waals surface area contributed by atoms with E-state index in [2.05, 4.69) is 5.32 Å². The zero-order chi connectivity index (χ0) is 22.2. The average molecular weight is 468 g/mol. The van der Waals surface area contributed by atoms with E-state index >= 15 is 0 Å². The first kappa shape index (κ1) is 22.6. The Morgan fingerprint density at radius 2 is 1.81 bits per heavy atom. The van der Waals surface area contributed by atoms with Crippen molar-refractivity contribution in [2.45, 2.75) is 56.4 Å². The van der Waals surface area contributed by atoms with E-state index < -0.39 is 10.0 Å². The number of nitrogens with one attached hydrogen (secondary N) is 1. The molecule has 3 fully saturated rings. The maximum Gasteiger partial charge on any atom is 0.253 e. The number of amides is 2. The Bertz CT molecular complexity index is 964. The van der Waals surface area contributed by atoms with Gasteiger partial charge < -0.3 is 10.2 Å². The van der Waals surface area contributed by atoms with Crippen molar-refractivity contribution in [2.24, 2.45) is 11.8 Å². The molecule has 0 aromatic heterocycles. The third-order valence-electron chi connectivity index (χ3n) is 6.42. The fourth-order valence-corrected chi connectivity index (χ4v) is 6.54. The van der Waals surface area contributed by atoms with Gasteiger partial charge in [0.05, 0.1) is 10.9 Å². The van der Waals surface area contributed by atoms with Crippen molar-refractivity contribution < 1.29 is 18.0 Å². The van der Waals surface area contributed by atoms with Crippen molar-refractivity contribution >= 4 is 33.4 Å². The second-order valence-electron chi connectivity index (χ2n) is 9.13. The minimum Gasteiger partial charge on any atom is -0.353 e. The minimum atomic E-state index is -3.78. The summed E-state index contributed by atoms with van der Waals surface area (Å²) in [5, 5.41) is 3.14. The summed E-state index contributed by atoms with van der Waals surface area (Å²) >= 11 is 6.26. The number of hydrogen-bond donors (Lipinski definition) is 1. The van der Waals surface area contributed by atoms with Crippen molar-refractivity contribution in [3.05, 3.63) is 28.8 Å². The molecular weight excluding hydrogens is 438 g/mol. The van der Waals surface area contributed by atoms with Crippen LogP contribution in [0.1, 0.15) is 55.8 Å². The Balaban J connectivity index is 1.51. The highest BCUT2D eigenvalue weighted by molar-refractivity contribution is 7.89. The SMILES string of the molecule is CC1CCCN(S(=O)(=O)c2cc(C(=O)N3CCCC(C(=O)NC4CC4)C3)ccc2Cl)C1. The molecule has 0 bridgehead atoms. The predicted octanol–water partition coefficient (Wildman–Crippen LogP) is 2.89. The Hall–Kier alpha value is -1.64. The fraction of sp³-hybridized carbons (Fsp3) is 0.636. The monoisotopic (exact) mass is 467 g/mol. The van der Waals surface area contributed by atoms with E-state index in [-0.39, 0.29) is 33.2 Å². The normalized spacial score (nSPS) is 25.3. The lowest BCUT2D eigenvalue weighted by Gasteiger charge is -2.32. The number of sulfonamides is 1. The lowest BCUT2D eigenvalue weighted by Crippen LogP contribution is -2.46. The van der Waals surface area contributed by atoms with Crippen LogP contribution in [0, 0.1) is 11.8 Å². The molecule has 0 radical (unpaired) electrons. The molecule has 2 heterocycles. The van der Waals surface area contributed by atoms with Crippen LogP contribution in [-0.4, -0.2) is 61.7 Å². The van der Waals surface area contributed by atoms with Gasteiger partial charge in [0.25, 0.3) is 5.91 Å². The van der Waals surface area contributed by atoms with Gasteiger partial charge in [0.1, 0.15) is 4.90 Å². The number of piperidine rings is 2. The zero-order valence-corrected chi connectivity index (χ0v) is 19.4. The molecule has 2 aliphatic heterocycles. The van der Waals surface area contributed by atoms with E-state index in [0.29, 0.717) is 38.1 Å². The number of hydrogen-bond acceptors (Lipinski definition) is 4. The smallest absolute Gasteiger partial charge is 0.253 e. The number of rotatable bonds is 5. The highest BCUT2D eigenvalue weighted by atomic mass is 35.5. The van der Waals surface area contributed by atoms with Gasteiger partial charge in [0.15, 0.2) is 0 Å². The second-order valence-corrected chi connectivity index (χ2v) is 11.4. The second kappa shape index (κ2) is 9.08. The molecule has 3 aliphatic rings. The average Bonchev–Trinajstić information content (AvgIpc) is 3.57. The molecule has 1 N–H and O–H groups in total. The molecule has 1 aromatic carbocycles. The molecule has 7 nitrogen and oxygen atoms in total. The largest absolute Gasteiger partial charge is 0.353 e. The van der Waals surface area contributed by atoms with Crippen molar-refractivity contribution in [2.75, 3.05) is 26.2 Å². The van der Waals surface area contributed by atoms with Gasteiger partial charge in [0.2, 0.25) is 15.9 Å². The summed E-state index contributed by atoms with van der Waals surface area (Å²) in [5.41, 5.74) is 0.288. The summed E-state index contributed by atoms with van der Waals surface area (Å²) in [7, 11) is -3.78. The lowest BCUT2D eigenvalue weighted by atomic mass is 9.96. The first-order valence-electron chi connectivity index (χ1n) is 11.1. The van der Waals surface area contributed by atoms with E-state index in [0.717, 1.165) is 38.5 Å². The van der Waals surface area contributed by atoms with Crippen LogP contribution in [-0.2, 0) is 14.8 Å². The summed E-state index contributed by atoms with van der Waals surface area (Å²) in [6.45, 7) is 3.87. The fourth-order valence-electron chi connectivity index (χ4n) is 4.44. The van der Waals surface area contributed by atoms with E-state index in [1.807, 2.05) is 6.92 Å². The van der Waals surface area contributed by atoms with Gasteiger partial charge in [-0.25, -0.2) is 8.42 Å². The van der Waals surface area contributed by atoms with Crippen molar-refractivity contribution in [3.63, 3.8) is 0 Å². The summed E-state index contributed by atoms with van der Waals surface area (Å²) in [6.07, 6.45) is 5.38. The van der Waals surface area contributed by atoms with E-state index in [9.17, 15) is 18.0 Å². The standard InChI is InChI=1S/C22H30ClN3O4S/c1-15-4-2-11-26(13-15)31(29,30)20-12-16(6-9-19(20)23)22(28)25-10-3-5-17(14-25)21(27)24-18-7-8-18/h6,9,12,15,17-18H,2-5,7-8,10-11,13-14H2,1H3,(H,24,27). The van der Waals surface area contributed by atoms with Crippen LogP contribution >= 0.6 is 11.6 Å². The number of likely N-dealkylation sites (tertiary alicyclic amines) is 1. The summed E-state index contributed by atoms with van der Waals surface area (Å²) < 4.78 is 27.9. The molecule has 2 saturated heterocycles. The minimum absolute atomic E-state index is 0.0126. The first-order chi connectivity index (χ1) is 14.8. The third kappa shape index (κ3) is 5.07. The molecule has 1 saturated carbocycles. The summed E-state index contributed by atoms with van der Waals surface area (Å²) in [6, 6.07) is 4.74. The summed E-state index contributed by atoms with van der Waals surface area (Å²) in [4.78, 5) is 27.2. The molecule has 9 heteroatoms. The Morgan fingerprint density at radius 1 is 1.06 bits per heavy atom. The van der Waals surface area contributed by atoms with Crippen molar-refractivity contribution in [1.29, 1.82) is 0 Å². The van der Waals surface area contributed by atoms with Gasteiger partial charge in [-0.15, -0.1) is 0 Å².